The SMILES string of the molecule is CCCCc1ccc(C(=O)O[C@@H](C)[C@H](C)O)nc1. The lowest BCUT2D eigenvalue weighted by molar-refractivity contribution is -0.00520. The normalized spacial score (nSPS) is 14.0. The van der Waals surface area contributed by atoms with Crippen molar-refractivity contribution in [2.75, 3.05) is 0 Å². The van der Waals surface area contributed by atoms with E-state index in [1.807, 2.05) is 6.07 Å². The molecule has 4 nitrogen and oxygen atoms in total. The van der Waals surface area contributed by atoms with Crippen LogP contribution in [0, 0.1) is 0 Å². The van der Waals surface area contributed by atoms with Gasteiger partial charge >= 0.3 is 5.97 Å². The lowest BCUT2D eigenvalue weighted by Crippen LogP contribution is -2.26. The highest BCUT2D eigenvalue weighted by atomic mass is 16.6. The van der Waals surface area contributed by atoms with Crippen LogP contribution in [0.3, 0.4) is 0 Å². The molecule has 0 radical (unpaired) electrons. The van der Waals surface area contributed by atoms with E-state index in [0.717, 1.165) is 24.8 Å². The summed E-state index contributed by atoms with van der Waals surface area (Å²) in [5.41, 5.74) is 1.40. The molecule has 1 heterocycles. The summed E-state index contributed by atoms with van der Waals surface area (Å²) in [4.78, 5) is 15.8. The minimum atomic E-state index is -0.683. The molecule has 0 unspecified atom stereocenters. The highest BCUT2D eigenvalue weighted by Gasteiger charge is 2.16. The largest absolute Gasteiger partial charge is 0.455 e. The second-order valence-electron chi connectivity index (χ2n) is 4.51. The monoisotopic (exact) mass is 251 g/mol. The Labute approximate surface area is 108 Å². The molecule has 0 aliphatic heterocycles. The fourth-order valence-electron chi connectivity index (χ4n) is 1.40. The van der Waals surface area contributed by atoms with E-state index in [-0.39, 0.29) is 5.69 Å². The van der Waals surface area contributed by atoms with Crippen molar-refractivity contribution in [1.29, 1.82) is 0 Å². The van der Waals surface area contributed by atoms with E-state index in [1.165, 1.54) is 0 Å². The quantitative estimate of drug-likeness (QED) is 0.788. The van der Waals surface area contributed by atoms with Crippen LogP contribution in [0.15, 0.2) is 18.3 Å². The third kappa shape index (κ3) is 4.45. The molecular formula is C14H21NO3. The molecular weight excluding hydrogens is 230 g/mol. The Morgan fingerprint density at radius 2 is 2.17 bits per heavy atom. The summed E-state index contributed by atoms with van der Waals surface area (Å²) in [5.74, 6) is -0.495. The van der Waals surface area contributed by atoms with Gasteiger partial charge in [0.25, 0.3) is 0 Å². The van der Waals surface area contributed by atoms with Gasteiger partial charge in [0.1, 0.15) is 11.8 Å². The zero-order chi connectivity index (χ0) is 13.5. The molecule has 1 rings (SSSR count). The Morgan fingerprint density at radius 1 is 1.44 bits per heavy atom. The molecule has 0 aromatic carbocycles. The second kappa shape index (κ2) is 7.11. The van der Waals surface area contributed by atoms with Crippen molar-refractivity contribution >= 4 is 5.97 Å². The van der Waals surface area contributed by atoms with Gasteiger partial charge in [0, 0.05) is 6.20 Å². The minimum absolute atomic E-state index is 0.280. The number of aryl methyl sites for hydroxylation is 1. The number of unbranched alkanes of at least 4 members (excludes halogenated alkanes) is 1. The molecule has 4 heteroatoms. The van der Waals surface area contributed by atoms with E-state index < -0.39 is 18.2 Å². The van der Waals surface area contributed by atoms with Crippen molar-refractivity contribution in [3.8, 4) is 0 Å². The van der Waals surface area contributed by atoms with Gasteiger partial charge in [-0.05, 0) is 38.3 Å². The van der Waals surface area contributed by atoms with Crippen LogP contribution in [-0.4, -0.2) is 28.3 Å². The van der Waals surface area contributed by atoms with Gasteiger partial charge in [-0.25, -0.2) is 9.78 Å². The number of esters is 1. The molecule has 0 aliphatic carbocycles. The zero-order valence-corrected chi connectivity index (χ0v) is 11.2. The van der Waals surface area contributed by atoms with E-state index in [0.29, 0.717) is 0 Å². The van der Waals surface area contributed by atoms with Gasteiger partial charge in [-0.15, -0.1) is 0 Å². The Kier molecular flexibility index (Phi) is 5.78. The minimum Gasteiger partial charge on any atom is -0.455 e. The van der Waals surface area contributed by atoms with Crippen LogP contribution in [0.4, 0.5) is 0 Å². The molecule has 1 N–H and O–H groups in total. The molecule has 100 valence electrons. The number of ether oxygens (including phenoxy) is 1. The molecule has 1 aromatic rings. The molecule has 0 spiro atoms. The first-order valence-corrected chi connectivity index (χ1v) is 6.38. The summed E-state index contributed by atoms with van der Waals surface area (Å²) >= 11 is 0. The summed E-state index contributed by atoms with van der Waals surface area (Å²) in [6, 6.07) is 3.56. The van der Waals surface area contributed by atoms with E-state index in [4.69, 9.17) is 4.74 Å². The number of aliphatic hydroxyl groups excluding tert-OH is 1. The summed E-state index contributed by atoms with van der Waals surface area (Å²) in [6.07, 6.45) is 3.72. The molecule has 0 saturated heterocycles. The predicted octanol–water partition coefficient (Wildman–Crippen LogP) is 2.35. The van der Waals surface area contributed by atoms with E-state index >= 15 is 0 Å². The van der Waals surface area contributed by atoms with E-state index in [2.05, 4.69) is 11.9 Å². The van der Waals surface area contributed by atoms with Gasteiger partial charge in [0.2, 0.25) is 0 Å². The van der Waals surface area contributed by atoms with Crippen molar-refractivity contribution in [2.45, 2.75) is 52.2 Å². The number of nitrogens with zero attached hydrogens (tertiary/aromatic N) is 1. The lowest BCUT2D eigenvalue weighted by Gasteiger charge is -2.15. The Morgan fingerprint density at radius 3 is 2.67 bits per heavy atom. The van der Waals surface area contributed by atoms with Crippen LogP contribution in [0.25, 0.3) is 0 Å². The van der Waals surface area contributed by atoms with Crippen molar-refractivity contribution in [1.82, 2.24) is 4.98 Å². The molecule has 18 heavy (non-hydrogen) atoms. The predicted molar refractivity (Wildman–Crippen MR) is 69.4 cm³/mol. The summed E-state index contributed by atoms with van der Waals surface area (Å²) < 4.78 is 5.07. The maximum Gasteiger partial charge on any atom is 0.357 e. The molecule has 0 amide bonds. The second-order valence-corrected chi connectivity index (χ2v) is 4.51. The van der Waals surface area contributed by atoms with E-state index in [1.54, 1.807) is 26.1 Å². The standard InChI is InChI=1S/C14H21NO3/c1-4-5-6-12-7-8-13(15-9-12)14(17)18-11(3)10(2)16/h7-11,16H,4-6H2,1-3H3/t10-,11-/m0/s1. The number of pyridine rings is 1. The highest BCUT2D eigenvalue weighted by molar-refractivity contribution is 5.87. The number of rotatable bonds is 6. The Bertz CT molecular complexity index is 373. The van der Waals surface area contributed by atoms with Crippen LogP contribution >= 0.6 is 0 Å². The zero-order valence-electron chi connectivity index (χ0n) is 11.2. The summed E-state index contributed by atoms with van der Waals surface area (Å²) in [6.45, 7) is 5.37. The molecule has 0 fully saturated rings. The van der Waals surface area contributed by atoms with E-state index in [9.17, 15) is 9.90 Å². The van der Waals surface area contributed by atoms with Gasteiger partial charge in [-0.2, -0.15) is 0 Å². The summed E-state index contributed by atoms with van der Waals surface area (Å²) in [5, 5.41) is 9.26. The van der Waals surface area contributed by atoms with Gasteiger partial charge in [0.15, 0.2) is 0 Å². The number of hydrogen-bond acceptors (Lipinski definition) is 4. The van der Waals surface area contributed by atoms with Crippen molar-refractivity contribution in [2.24, 2.45) is 0 Å². The number of carbonyl (C=O) groups is 1. The van der Waals surface area contributed by atoms with Gasteiger partial charge in [0.05, 0.1) is 6.10 Å². The highest BCUT2D eigenvalue weighted by Crippen LogP contribution is 2.08. The van der Waals surface area contributed by atoms with Crippen LogP contribution in [-0.2, 0) is 11.2 Å². The van der Waals surface area contributed by atoms with Gasteiger partial charge in [-0.1, -0.05) is 19.4 Å². The molecule has 0 bridgehead atoms. The lowest BCUT2D eigenvalue weighted by atomic mass is 10.1. The molecule has 1 aromatic heterocycles. The number of aromatic nitrogens is 1. The molecule has 0 aliphatic rings. The first kappa shape index (κ1) is 14.6. The van der Waals surface area contributed by atoms with Gasteiger partial charge < -0.3 is 9.84 Å². The number of aliphatic hydroxyl groups is 1. The van der Waals surface area contributed by atoms with Crippen LogP contribution in [0.5, 0.6) is 0 Å². The Balaban J connectivity index is 2.59. The topological polar surface area (TPSA) is 59.4 Å². The Hall–Kier alpha value is -1.42. The number of carbonyl (C=O) groups excluding carboxylic acids is 1. The fourth-order valence-corrected chi connectivity index (χ4v) is 1.40. The van der Waals surface area contributed by atoms with Crippen molar-refractivity contribution < 1.29 is 14.6 Å². The van der Waals surface area contributed by atoms with Crippen LogP contribution in [0.2, 0.25) is 0 Å². The summed E-state index contributed by atoms with van der Waals surface area (Å²) in [7, 11) is 0. The fraction of sp³-hybridized carbons (Fsp3) is 0.571. The smallest absolute Gasteiger partial charge is 0.357 e. The third-order valence-electron chi connectivity index (χ3n) is 2.83. The first-order chi connectivity index (χ1) is 8.54. The maximum atomic E-state index is 11.7. The third-order valence-corrected chi connectivity index (χ3v) is 2.83. The number of hydrogen-bond donors (Lipinski definition) is 1. The maximum absolute atomic E-state index is 11.7. The van der Waals surface area contributed by atoms with Crippen molar-refractivity contribution in [3.05, 3.63) is 29.6 Å². The van der Waals surface area contributed by atoms with Crippen LogP contribution in [0.1, 0.15) is 49.7 Å². The molecule has 2 atom stereocenters. The first-order valence-electron chi connectivity index (χ1n) is 6.38. The van der Waals surface area contributed by atoms with Gasteiger partial charge in [-0.3, -0.25) is 0 Å². The van der Waals surface area contributed by atoms with Crippen molar-refractivity contribution in [3.63, 3.8) is 0 Å². The molecule has 0 saturated carbocycles. The van der Waals surface area contributed by atoms with Crippen LogP contribution < -0.4 is 0 Å². The average molecular weight is 251 g/mol. The average Bonchev–Trinajstić information content (AvgIpc) is 2.36.